The number of nitrogens with zero attached hydrogens (tertiary/aromatic N) is 2. The van der Waals surface area contributed by atoms with Crippen molar-refractivity contribution in [3.05, 3.63) is 33.4 Å². The molecule has 6 nitrogen and oxygen atoms in total. The van der Waals surface area contributed by atoms with E-state index in [4.69, 9.17) is 27.5 Å². The lowest BCUT2D eigenvalue weighted by atomic mass is 10.3. The Morgan fingerprint density at radius 3 is 2.46 bits per heavy atom. The Morgan fingerprint density at radius 1 is 1.19 bits per heavy atom. The molecule has 1 aromatic carbocycles. The third-order valence-electron chi connectivity index (χ3n) is 3.44. The second kappa shape index (κ2) is 7.32. The van der Waals surface area contributed by atoms with E-state index in [1.807, 2.05) is 0 Å². The van der Waals surface area contributed by atoms with E-state index < -0.39 is 10.0 Å². The molecule has 0 saturated carbocycles. The quantitative estimate of drug-likeness (QED) is 0.584. The molecule has 10 heteroatoms. The number of halogens is 1. The van der Waals surface area contributed by atoms with Crippen molar-refractivity contribution < 1.29 is 17.9 Å². The van der Waals surface area contributed by atoms with Crippen LogP contribution >= 0.6 is 34.3 Å². The molecule has 2 heterocycles. The molecule has 0 aliphatic carbocycles. The number of sulfonamides is 1. The summed E-state index contributed by atoms with van der Waals surface area (Å²) in [6.07, 6.45) is 5.48. The lowest BCUT2D eigenvalue weighted by Crippen LogP contribution is -2.16. The van der Waals surface area contributed by atoms with Crippen molar-refractivity contribution in [1.82, 2.24) is 4.57 Å². The van der Waals surface area contributed by atoms with Crippen LogP contribution in [0, 0.1) is 12.3 Å². The number of fused-ring (bicyclic) bond motifs is 1. The van der Waals surface area contributed by atoms with Gasteiger partial charge in [-0.3, -0.25) is 0 Å². The Labute approximate surface area is 163 Å². The molecule has 0 unspecified atom stereocenters. The van der Waals surface area contributed by atoms with Crippen molar-refractivity contribution >= 4 is 54.5 Å². The SMILES string of the molecule is C#CCn1/c(=N/S(=O)(=O)c2ccc(Cl)s2)sc2c(OC)ccc(OC)c21. The molecule has 26 heavy (non-hydrogen) atoms. The number of methoxy groups -OCH3 is 2. The molecule has 0 amide bonds. The second-order valence-corrected chi connectivity index (χ2v) is 9.47. The molecule has 0 saturated heterocycles. The number of rotatable bonds is 5. The maximum absolute atomic E-state index is 12.6. The number of benzene rings is 1. The Kier molecular flexibility index (Phi) is 5.29. The van der Waals surface area contributed by atoms with E-state index in [-0.39, 0.29) is 15.6 Å². The van der Waals surface area contributed by atoms with Crippen LogP contribution in [0.5, 0.6) is 11.5 Å². The molecule has 0 spiro atoms. The summed E-state index contributed by atoms with van der Waals surface area (Å²) in [7, 11) is -0.858. The van der Waals surface area contributed by atoms with Gasteiger partial charge in [0.1, 0.15) is 25.9 Å². The normalized spacial score (nSPS) is 12.3. The van der Waals surface area contributed by atoms with Crippen molar-refractivity contribution in [2.24, 2.45) is 4.40 Å². The fraction of sp³-hybridized carbons (Fsp3) is 0.188. The molecular formula is C16H13ClN2O4S3. The fourth-order valence-corrected chi connectivity index (χ4v) is 6.15. The van der Waals surface area contributed by atoms with Gasteiger partial charge in [-0.2, -0.15) is 8.42 Å². The van der Waals surface area contributed by atoms with Crippen LogP contribution in [-0.2, 0) is 16.6 Å². The van der Waals surface area contributed by atoms with E-state index in [1.165, 1.54) is 26.4 Å². The molecule has 136 valence electrons. The highest BCUT2D eigenvalue weighted by molar-refractivity contribution is 7.92. The highest BCUT2D eigenvalue weighted by atomic mass is 35.5. The minimum atomic E-state index is -3.92. The van der Waals surface area contributed by atoms with Crippen molar-refractivity contribution in [3.8, 4) is 23.8 Å². The average Bonchev–Trinajstić information content (AvgIpc) is 3.19. The Morgan fingerprint density at radius 2 is 1.88 bits per heavy atom. The van der Waals surface area contributed by atoms with Gasteiger partial charge in [-0.15, -0.1) is 22.2 Å². The number of hydrogen-bond donors (Lipinski definition) is 0. The lowest BCUT2D eigenvalue weighted by molar-refractivity contribution is 0.409. The molecule has 0 aliphatic heterocycles. The Bertz CT molecular complexity index is 1180. The summed E-state index contributed by atoms with van der Waals surface area (Å²) in [6.45, 7) is 0.128. The van der Waals surface area contributed by atoms with Crippen LogP contribution in [0.2, 0.25) is 4.34 Å². The van der Waals surface area contributed by atoms with E-state index in [0.29, 0.717) is 26.1 Å². The zero-order valence-corrected chi connectivity index (χ0v) is 16.9. The van der Waals surface area contributed by atoms with E-state index in [1.54, 1.807) is 16.7 Å². The first-order valence-electron chi connectivity index (χ1n) is 7.15. The summed E-state index contributed by atoms with van der Waals surface area (Å²) in [4.78, 5) is 0.227. The third kappa shape index (κ3) is 3.33. The molecule has 0 N–H and O–H groups in total. The van der Waals surface area contributed by atoms with Gasteiger partial charge in [0.25, 0.3) is 10.0 Å². The van der Waals surface area contributed by atoms with Gasteiger partial charge in [0.15, 0.2) is 0 Å². The molecule has 0 bridgehead atoms. The van der Waals surface area contributed by atoms with Crippen LogP contribution in [0.1, 0.15) is 0 Å². The number of aromatic nitrogens is 1. The molecule has 0 radical (unpaired) electrons. The smallest absolute Gasteiger partial charge is 0.294 e. The summed E-state index contributed by atoms with van der Waals surface area (Å²) in [6, 6.07) is 6.42. The van der Waals surface area contributed by atoms with E-state index in [9.17, 15) is 8.42 Å². The molecule has 3 rings (SSSR count). The molecule has 0 aliphatic rings. The number of terminal acetylenes is 1. The molecule has 3 aromatic rings. The van der Waals surface area contributed by atoms with Gasteiger partial charge < -0.3 is 14.0 Å². The first kappa shape index (κ1) is 18.8. The van der Waals surface area contributed by atoms with Crippen molar-refractivity contribution in [1.29, 1.82) is 0 Å². The monoisotopic (exact) mass is 428 g/mol. The number of thiazole rings is 1. The van der Waals surface area contributed by atoms with Gasteiger partial charge in [0, 0.05) is 0 Å². The van der Waals surface area contributed by atoms with Gasteiger partial charge in [-0.05, 0) is 24.3 Å². The minimum absolute atomic E-state index is 0.0612. The first-order chi connectivity index (χ1) is 12.4. The van der Waals surface area contributed by atoms with Crippen LogP contribution < -0.4 is 14.3 Å². The van der Waals surface area contributed by atoms with Gasteiger partial charge in [-0.25, -0.2) is 0 Å². The van der Waals surface area contributed by atoms with Gasteiger partial charge in [0.05, 0.1) is 25.1 Å². The number of ether oxygens (including phenoxy) is 2. The topological polar surface area (TPSA) is 69.9 Å². The molecule has 0 fully saturated rings. The van der Waals surface area contributed by atoms with Crippen molar-refractivity contribution in [2.45, 2.75) is 10.8 Å². The average molecular weight is 429 g/mol. The molecular weight excluding hydrogens is 416 g/mol. The lowest BCUT2D eigenvalue weighted by Gasteiger charge is -2.08. The van der Waals surface area contributed by atoms with E-state index in [0.717, 1.165) is 22.7 Å². The summed E-state index contributed by atoms with van der Waals surface area (Å²) in [5.41, 5.74) is 0.632. The minimum Gasteiger partial charge on any atom is -0.495 e. The molecule has 0 atom stereocenters. The Hall–Kier alpha value is -1.99. The predicted molar refractivity (Wildman–Crippen MR) is 104 cm³/mol. The summed E-state index contributed by atoms with van der Waals surface area (Å²) < 4.78 is 42.7. The fourth-order valence-electron chi connectivity index (χ4n) is 2.35. The van der Waals surface area contributed by atoms with Crippen LogP contribution in [0.3, 0.4) is 0 Å². The van der Waals surface area contributed by atoms with Gasteiger partial charge in [0.2, 0.25) is 4.80 Å². The zero-order valence-electron chi connectivity index (χ0n) is 13.7. The van der Waals surface area contributed by atoms with Crippen LogP contribution in [-0.4, -0.2) is 27.2 Å². The summed E-state index contributed by atoms with van der Waals surface area (Å²) in [5.74, 6) is 3.65. The van der Waals surface area contributed by atoms with Crippen LogP contribution in [0.15, 0.2) is 32.9 Å². The van der Waals surface area contributed by atoms with Crippen molar-refractivity contribution in [2.75, 3.05) is 14.2 Å². The summed E-state index contributed by atoms with van der Waals surface area (Å²) in [5, 5.41) is 0. The zero-order chi connectivity index (χ0) is 18.9. The van der Waals surface area contributed by atoms with E-state index in [2.05, 4.69) is 10.3 Å². The first-order valence-corrected chi connectivity index (χ1v) is 10.6. The standard InChI is InChI=1S/C16H13ClN2O4S3/c1-4-9-19-14-10(22-2)5-6-11(23-3)15(14)25-16(19)18-26(20,21)13-8-7-12(17)24-13/h1,5-8H,9H2,2-3H3/b18-16-. The number of thiophene rings is 1. The second-order valence-electron chi connectivity index (χ2n) is 4.95. The largest absolute Gasteiger partial charge is 0.495 e. The van der Waals surface area contributed by atoms with E-state index >= 15 is 0 Å². The van der Waals surface area contributed by atoms with Gasteiger partial charge >= 0.3 is 0 Å². The highest BCUT2D eigenvalue weighted by Gasteiger charge is 2.19. The maximum Gasteiger partial charge on any atom is 0.294 e. The van der Waals surface area contributed by atoms with Crippen LogP contribution in [0.4, 0.5) is 0 Å². The Balaban J connectivity index is 2.36. The highest BCUT2D eigenvalue weighted by Crippen LogP contribution is 2.35. The van der Waals surface area contributed by atoms with Gasteiger partial charge in [-0.1, -0.05) is 28.9 Å². The predicted octanol–water partition coefficient (Wildman–Crippen LogP) is 3.36. The van der Waals surface area contributed by atoms with Crippen LogP contribution in [0.25, 0.3) is 10.2 Å². The number of hydrogen-bond acceptors (Lipinski definition) is 6. The maximum atomic E-state index is 12.6. The summed E-state index contributed by atoms with van der Waals surface area (Å²) >= 11 is 7.95. The van der Waals surface area contributed by atoms with Crippen molar-refractivity contribution in [3.63, 3.8) is 0 Å². The third-order valence-corrected chi connectivity index (χ3v) is 7.62. The molecule has 2 aromatic heterocycles.